The first-order valence-electron chi connectivity index (χ1n) is 8.10. The molecule has 7 nitrogen and oxygen atoms in total. The zero-order valence-electron chi connectivity index (χ0n) is 14.8. The lowest BCUT2D eigenvalue weighted by molar-refractivity contribution is -0.106. The highest BCUT2D eigenvalue weighted by Gasteiger charge is 2.48. The van der Waals surface area contributed by atoms with Gasteiger partial charge in [0.05, 0.1) is 24.9 Å². The molecule has 2 rings (SSSR count). The van der Waals surface area contributed by atoms with Crippen molar-refractivity contribution in [3.63, 3.8) is 0 Å². The minimum atomic E-state index is -3.20. The number of piperidine rings is 1. The van der Waals surface area contributed by atoms with E-state index in [9.17, 15) is 18.4 Å². The summed E-state index contributed by atoms with van der Waals surface area (Å²) in [4.78, 5) is 24.6. The molecule has 25 heavy (non-hydrogen) atoms. The van der Waals surface area contributed by atoms with Crippen molar-refractivity contribution in [1.82, 2.24) is 14.7 Å². The van der Waals surface area contributed by atoms with Gasteiger partial charge in [-0.1, -0.05) is 0 Å². The molecule has 0 spiro atoms. The molecule has 1 unspecified atom stereocenters. The third kappa shape index (κ3) is 4.67. The Bertz CT molecular complexity index is 640. The van der Waals surface area contributed by atoms with Gasteiger partial charge < -0.3 is 14.4 Å². The number of carbonyl (C=O) groups excluding carboxylic acids is 2. The van der Waals surface area contributed by atoms with Gasteiger partial charge >= 0.3 is 12.1 Å². The fourth-order valence-electron chi connectivity index (χ4n) is 2.56. The van der Waals surface area contributed by atoms with E-state index in [-0.39, 0.29) is 25.1 Å². The number of halogens is 2. The number of carbonyl (C=O) groups is 2. The number of likely N-dealkylation sites (tertiary alicyclic amines) is 1. The van der Waals surface area contributed by atoms with Crippen LogP contribution in [0.1, 0.15) is 50.5 Å². The number of rotatable bonds is 3. The highest BCUT2D eigenvalue weighted by atomic mass is 19.3. The van der Waals surface area contributed by atoms with Gasteiger partial charge in [0.15, 0.2) is 0 Å². The smallest absolute Gasteiger partial charge is 0.410 e. The number of aromatic nitrogens is 2. The number of hydrogen-bond donors (Lipinski definition) is 0. The van der Waals surface area contributed by atoms with Crippen LogP contribution in [0.2, 0.25) is 0 Å². The van der Waals surface area contributed by atoms with Crippen molar-refractivity contribution in [2.75, 3.05) is 19.7 Å². The van der Waals surface area contributed by atoms with Crippen LogP contribution in [0.4, 0.5) is 13.6 Å². The summed E-state index contributed by atoms with van der Waals surface area (Å²) in [5, 5.41) is 3.87. The molecule has 0 radical (unpaired) electrons. The molecule has 0 bridgehead atoms. The number of esters is 1. The van der Waals surface area contributed by atoms with Gasteiger partial charge in [0, 0.05) is 12.7 Å². The maximum atomic E-state index is 14.5. The molecule has 1 aromatic rings. The van der Waals surface area contributed by atoms with Crippen molar-refractivity contribution < 1.29 is 27.8 Å². The predicted octanol–water partition coefficient (Wildman–Crippen LogP) is 2.88. The van der Waals surface area contributed by atoms with Gasteiger partial charge in [-0.3, -0.25) is 4.68 Å². The van der Waals surface area contributed by atoms with Crippen LogP contribution in [0.15, 0.2) is 12.4 Å². The molecule has 2 heterocycles. The van der Waals surface area contributed by atoms with E-state index < -0.39 is 36.2 Å². The maximum absolute atomic E-state index is 14.5. The summed E-state index contributed by atoms with van der Waals surface area (Å²) < 4.78 is 40.1. The Morgan fingerprint density at radius 1 is 1.40 bits per heavy atom. The summed E-state index contributed by atoms with van der Waals surface area (Å²) in [6.45, 7) is 6.23. The number of nitrogens with zero attached hydrogens (tertiary/aromatic N) is 3. The van der Waals surface area contributed by atoms with Gasteiger partial charge in [-0.05, 0) is 34.1 Å². The third-order valence-corrected chi connectivity index (χ3v) is 3.65. The summed E-state index contributed by atoms with van der Waals surface area (Å²) >= 11 is 0. The summed E-state index contributed by atoms with van der Waals surface area (Å²) in [5.41, 5.74) is -0.632. The van der Waals surface area contributed by atoms with Gasteiger partial charge in [0.25, 0.3) is 5.92 Å². The van der Waals surface area contributed by atoms with Crippen LogP contribution in [-0.4, -0.2) is 58.0 Å². The van der Waals surface area contributed by atoms with Crippen molar-refractivity contribution in [2.24, 2.45) is 0 Å². The van der Waals surface area contributed by atoms with Gasteiger partial charge in [-0.15, -0.1) is 0 Å². The van der Waals surface area contributed by atoms with Gasteiger partial charge in [-0.25, -0.2) is 18.4 Å². The molecular weight excluding hydrogens is 336 g/mol. The molecule has 0 saturated carbocycles. The highest BCUT2D eigenvalue weighted by Crippen LogP contribution is 2.36. The third-order valence-electron chi connectivity index (χ3n) is 3.65. The lowest BCUT2D eigenvalue weighted by Crippen LogP contribution is -2.52. The van der Waals surface area contributed by atoms with Crippen LogP contribution >= 0.6 is 0 Å². The van der Waals surface area contributed by atoms with E-state index in [0.717, 1.165) is 9.58 Å². The van der Waals surface area contributed by atoms with E-state index in [4.69, 9.17) is 9.47 Å². The topological polar surface area (TPSA) is 73.7 Å². The summed E-state index contributed by atoms with van der Waals surface area (Å²) in [6, 6.07) is -1.24. The van der Waals surface area contributed by atoms with E-state index >= 15 is 0 Å². The standard InChI is InChI=1S/C16H23F2N3O4/c1-5-24-13(22)11-8-19-21(9-11)12-6-7-20(10-16(12,17)18)14(23)25-15(2,3)4/h8-9,12H,5-7,10H2,1-4H3. The summed E-state index contributed by atoms with van der Waals surface area (Å²) in [7, 11) is 0. The Labute approximate surface area is 144 Å². The lowest BCUT2D eigenvalue weighted by atomic mass is 10.0. The van der Waals surface area contributed by atoms with Crippen molar-refractivity contribution in [1.29, 1.82) is 0 Å². The first-order valence-corrected chi connectivity index (χ1v) is 8.10. The second-order valence-corrected chi connectivity index (χ2v) is 6.90. The molecule has 9 heteroatoms. The minimum Gasteiger partial charge on any atom is -0.462 e. The Kier molecular flexibility index (Phi) is 5.34. The van der Waals surface area contributed by atoms with Gasteiger partial charge in [0.1, 0.15) is 11.6 Å². The van der Waals surface area contributed by atoms with Crippen molar-refractivity contribution in [2.45, 2.75) is 51.7 Å². The molecule has 1 aliphatic rings. The average molecular weight is 359 g/mol. The fraction of sp³-hybridized carbons (Fsp3) is 0.688. The maximum Gasteiger partial charge on any atom is 0.410 e. The number of amides is 1. The van der Waals surface area contributed by atoms with E-state index in [1.54, 1.807) is 27.7 Å². The van der Waals surface area contributed by atoms with Crippen LogP contribution < -0.4 is 0 Å². The van der Waals surface area contributed by atoms with Gasteiger partial charge in [0.2, 0.25) is 0 Å². The zero-order valence-corrected chi connectivity index (χ0v) is 14.8. The molecule has 1 atom stereocenters. The molecule has 1 saturated heterocycles. The zero-order chi connectivity index (χ0) is 18.8. The molecule has 1 fully saturated rings. The van der Waals surface area contributed by atoms with Crippen LogP contribution in [-0.2, 0) is 9.47 Å². The second-order valence-electron chi connectivity index (χ2n) is 6.90. The first-order chi connectivity index (χ1) is 11.5. The Morgan fingerprint density at radius 3 is 2.64 bits per heavy atom. The second kappa shape index (κ2) is 6.97. The molecule has 140 valence electrons. The molecule has 1 aliphatic heterocycles. The fourth-order valence-corrected chi connectivity index (χ4v) is 2.56. The van der Waals surface area contributed by atoms with E-state index in [2.05, 4.69) is 5.10 Å². The predicted molar refractivity (Wildman–Crippen MR) is 84.6 cm³/mol. The van der Waals surface area contributed by atoms with Crippen molar-refractivity contribution in [3.05, 3.63) is 18.0 Å². The minimum absolute atomic E-state index is 0.00378. The van der Waals surface area contributed by atoms with Crippen molar-refractivity contribution in [3.8, 4) is 0 Å². The van der Waals surface area contributed by atoms with Crippen LogP contribution in [0.25, 0.3) is 0 Å². The lowest BCUT2D eigenvalue weighted by Gasteiger charge is -2.38. The quantitative estimate of drug-likeness (QED) is 0.776. The molecule has 0 aromatic carbocycles. The number of ether oxygens (including phenoxy) is 2. The number of alkyl halides is 2. The van der Waals surface area contributed by atoms with Gasteiger partial charge in [-0.2, -0.15) is 5.10 Å². The highest BCUT2D eigenvalue weighted by molar-refractivity contribution is 5.88. The monoisotopic (exact) mass is 359 g/mol. The molecular formula is C16H23F2N3O4. The summed E-state index contributed by atoms with van der Waals surface area (Å²) in [5.74, 6) is -3.81. The van der Waals surface area contributed by atoms with E-state index in [0.29, 0.717) is 0 Å². The normalized spacial score (nSPS) is 20.2. The molecule has 1 amide bonds. The number of hydrogen-bond acceptors (Lipinski definition) is 5. The van der Waals surface area contributed by atoms with Crippen LogP contribution in [0, 0.1) is 0 Å². The van der Waals surface area contributed by atoms with Crippen LogP contribution in [0.5, 0.6) is 0 Å². The summed E-state index contributed by atoms with van der Waals surface area (Å²) in [6.07, 6.45) is 1.68. The Morgan fingerprint density at radius 2 is 2.08 bits per heavy atom. The Hall–Kier alpha value is -2.19. The average Bonchev–Trinajstić information content (AvgIpc) is 2.94. The Balaban J connectivity index is 2.08. The van der Waals surface area contributed by atoms with E-state index in [1.807, 2.05) is 0 Å². The van der Waals surface area contributed by atoms with Crippen LogP contribution in [0.3, 0.4) is 0 Å². The molecule has 1 aromatic heterocycles. The first kappa shape index (κ1) is 19.1. The SMILES string of the molecule is CCOC(=O)c1cnn(C2CCN(C(=O)OC(C)(C)C)CC2(F)F)c1. The van der Waals surface area contributed by atoms with Crippen molar-refractivity contribution >= 4 is 12.1 Å². The molecule has 0 N–H and O–H groups in total. The largest absolute Gasteiger partial charge is 0.462 e. The molecule has 0 aliphatic carbocycles. The van der Waals surface area contributed by atoms with E-state index in [1.165, 1.54) is 12.4 Å².